The number of fused-ring (bicyclic) bond motifs is 13. The Labute approximate surface area is 316 Å². The molecule has 54 heavy (non-hydrogen) atoms. The molecule has 0 bridgehead atoms. The molecule has 1 spiro atoms. The van der Waals surface area contributed by atoms with Crippen LogP contribution in [0.15, 0.2) is 202 Å². The Morgan fingerprint density at radius 2 is 1.09 bits per heavy atom. The number of anilines is 3. The van der Waals surface area contributed by atoms with Crippen LogP contribution >= 0.6 is 11.8 Å². The fraction of sp³-hybridized carbons (Fsp3) is 0.0196. The minimum absolute atomic E-state index is 0.478. The van der Waals surface area contributed by atoms with Crippen molar-refractivity contribution in [3.8, 4) is 11.1 Å². The summed E-state index contributed by atoms with van der Waals surface area (Å²) in [6.07, 6.45) is 0. The molecule has 0 saturated heterocycles. The Balaban J connectivity index is 1.16. The molecular formula is C51H31NOS. The summed E-state index contributed by atoms with van der Waals surface area (Å²) >= 11 is 1.88. The van der Waals surface area contributed by atoms with Gasteiger partial charge in [0.15, 0.2) is 0 Å². The summed E-state index contributed by atoms with van der Waals surface area (Å²) in [5, 5.41) is 7.08. The Morgan fingerprint density at radius 3 is 1.93 bits per heavy atom. The third-order valence-electron chi connectivity index (χ3n) is 11.7. The molecule has 2 nitrogen and oxygen atoms in total. The van der Waals surface area contributed by atoms with E-state index in [2.05, 4.69) is 193 Å². The molecule has 10 aromatic rings. The maximum Gasteiger partial charge on any atom is 0.143 e. The molecule has 0 saturated carbocycles. The van der Waals surface area contributed by atoms with Crippen LogP contribution in [-0.2, 0) is 5.41 Å². The Kier molecular flexibility index (Phi) is 6.23. The molecule has 2 heterocycles. The van der Waals surface area contributed by atoms with Crippen LogP contribution < -0.4 is 4.90 Å². The van der Waals surface area contributed by atoms with E-state index < -0.39 is 5.41 Å². The van der Waals surface area contributed by atoms with Crippen molar-refractivity contribution in [3.63, 3.8) is 0 Å². The van der Waals surface area contributed by atoms with Crippen molar-refractivity contribution in [3.05, 3.63) is 210 Å². The van der Waals surface area contributed by atoms with E-state index in [1.807, 2.05) is 11.8 Å². The van der Waals surface area contributed by atoms with Crippen LogP contribution in [0.3, 0.4) is 0 Å². The van der Waals surface area contributed by atoms with Crippen molar-refractivity contribution in [2.75, 3.05) is 4.90 Å². The number of benzene rings is 9. The Bertz CT molecular complexity index is 3110. The van der Waals surface area contributed by atoms with E-state index in [1.54, 1.807) is 0 Å². The Morgan fingerprint density at radius 1 is 0.426 bits per heavy atom. The highest BCUT2D eigenvalue weighted by atomic mass is 32.2. The lowest BCUT2D eigenvalue weighted by molar-refractivity contribution is 0.672. The summed E-state index contributed by atoms with van der Waals surface area (Å²) in [4.78, 5) is 5.01. The predicted octanol–water partition coefficient (Wildman–Crippen LogP) is 14.2. The van der Waals surface area contributed by atoms with Gasteiger partial charge in [0.2, 0.25) is 0 Å². The highest BCUT2D eigenvalue weighted by molar-refractivity contribution is 7.99. The largest absolute Gasteiger partial charge is 0.455 e. The van der Waals surface area contributed by atoms with Crippen molar-refractivity contribution in [2.45, 2.75) is 15.2 Å². The second-order valence-electron chi connectivity index (χ2n) is 14.4. The van der Waals surface area contributed by atoms with Crippen molar-refractivity contribution < 1.29 is 4.42 Å². The van der Waals surface area contributed by atoms with Gasteiger partial charge in [0, 0.05) is 48.8 Å². The van der Waals surface area contributed by atoms with E-state index in [0.29, 0.717) is 0 Å². The SMILES string of the molecule is c1ccc(N(c2ccc3c(c2)oc2c4ccccc4ccc32)c2ccc3c4c(cccc24)C2(c4ccccc4Sc4ccccc42)c2ccccc2-3)cc1. The molecule has 252 valence electrons. The topological polar surface area (TPSA) is 16.4 Å². The summed E-state index contributed by atoms with van der Waals surface area (Å²) in [5.41, 5.74) is 12.5. The number of rotatable bonds is 3. The van der Waals surface area contributed by atoms with E-state index in [-0.39, 0.29) is 0 Å². The third kappa shape index (κ3) is 3.97. The van der Waals surface area contributed by atoms with Gasteiger partial charge in [-0.1, -0.05) is 145 Å². The van der Waals surface area contributed by atoms with Gasteiger partial charge in [-0.25, -0.2) is 0 Å². The molecule has 0 unspecified atom stereocenters. The van der Waals surface area contributed by atoms with E-state index in [1.165, 1.54) is 59.3 Å². The van der Waals surface area contributed by atoms with Crippen LogP contribution in [0.25, 0.3) is 54.6 Å². The monoisotopic (exact) mass is 705 g/mol. The normalized spacial score (nSPS) is 13.6. The zero-order chi connectivity index (χ0) is 35.4. The number of nitrogens with zero attached hydrogens (tertiary/aromatic N) is 1. The summed E-state index contributed by atoms with van der Waals surface area (Å²) in [6.45, 7) is 0. The van der Waals surface area contributed by atoms with E-state index in [4.69, 9.17) is 4.42 Å². The lowest BCUT2D eigenvalue weighted by atomic mass is 9.59. The Hall–Kier alpha value is -6.55. The van der Waals surface area contributed by atoms with Gasteiger partial charge in [-0.15, -0.1) is 0 Å². The van der Waals surface area contributed by atoms with Gasteiger partial charge in [0.1, 0.15) is 11.2 Å². The van der Waals surface area contributed by atoms with Gasteiger partial charge in [-0.05, 0) is 92.7 Å². The fourth-order valence-electron chi connectivity index (χ4n) is 9.52. The first-order chi connectivity index (χ1) is 26.8. The molecule has 9 aromatic carbocycles. The zero-order valence-electron chi connectivity index (χ0n) is 29.2. The number of para-hydroxylation sites is 1. The van der Waals surface area contributed by atoms with Crippen molar-refractivity contribution in [1.29, 1.82) is 0 Å². The quantitative estimate of drug-likeness (QED) is 0.182. The first-order valence-electron chi connectivity index (χ1n) is 18.5. The summed E-state index contributed by atoms with van der Waals surface area (Å²) in [6, 6.07) is 69.0. The van der Waals surface area contributed by atoms with Gasteiger partial charge in [0.25, 0.3) is 0 Å². The molecule has 0 N–H and O–H groups in total. The second kappa shape index (κ2) is 11.2. The summed E-state index contributed by atoms with van der Waals surface area (Å²) < 4.78 is 6.73. The number of furan rings is 1. The fourth-order valence-corrected chi connectivity index (χ4v) is 10.7. The lowest BCUT2D eigenvalue weighted by Gasteiger charge is -2.46. The number of hydrogen-bond donors (Lipinski definition) is 0. The molecule has 2 aliphatic rings. The molecule has 12 rings (SSSR count). The zero-order valence-corrected chi connectivity index (χ0v) is 30.0. The standard InChI is InChI=1S/C51H31NOS/c1-2-14-33(15-3-1)52(34-26-28-37-39-27-25-32-13-4-5-16-35(32)50(39)53-46(37)31-34)45-30-29-38-36-17-6-7-19-41(36)51(44-22-12-18-40(45)49(38)44)42-20-8-10-23-47(42)54-48-24-11-9-21-43(48)51/h1-31H. The smallest absolute Gasteiger partial charge is 0.143 e. The van der Waals surface area contributed by atoms with E-state index in [0.717, 1.165) is 44.4 Å². The van der Waals surface area contributed by atoms with Crippen LogP contribution in [0.4, 0.5) is 17.1 Å². The van der Waals surface area contributed by atoms with Crippen molar-refractivity contribution in [2.24, 2.45) is 0 Å². The molecule has 1 aromatic heterocycles. The van der Waals surface area contributed by atoms with Crippen LogP contribution in [0, 0.1) is 0 Å². The van der Waals surface area contributed by atoms with Gasteiger partial charge >= 0.3 is 0 Å². The molecule has 0 amide bonds. The first kappa shape index (κ1) is 30.0. The average Bonchev–Trinajstić information content (AvgIpc) is 3.62. The average molecular weight is 706 g/mol. The van der Waals surface area contributed by atoms with Gasteiger partial charge in [-0.3, -0.25) is 0 Å². The molecule has 0 radical (unpaired) electrons. The van der Waals surface area contributed by atoms with Crippen LogP contribution in [-0.4, -0.2) is 0 Å². The summed E-state index contributed by atoms with van der Waals surface area (Å²) in [7, 11) is 0. The van der Waals surface area contributed by atoms with Gasteiger partial charge < -0.3 is 9.32 Å². The van der Waals surface area contributed by atoms with Gasteiger partial charge in [0.05, 0.1) is 11.1 Å². The van der Waals surface area contributed by atoms with E-state index >= 15 is 0 Å². The first-order valence-corrected chi connectivity index (χ1v) is 19.3. The van der Waals surface area contributed by atoms with Crippen molar-refractivity contribution >= 4 is 72.3 Å². The lowest BCUT2D eigenvalue weighted by Crippen LogP contribution is -2.36. The molecule has 1 aliphatic heterocycles. The maximum atomic E-state index is 6.73. The summed E-state index contributed by atoms with van der Waals surface area (Å²) in [5.74, 6) is 0. The van der Waals surface area contributed by atoms with Gasteiger partial charge in [-0.2, -0.15) is 0 Å². The molecule has 0 atom stereocenters. The highest BCUT2D eigenvalue weighted by Gasteiger charge is 2.48. The molecular weight excluding hydrogens is 675 g/mol. The van der Waals surface area contributed by atoms with Crippen LogP contribution in [0.5, 0.6) is 0 Å². The third-order valence-corrected chi connectivity index (χ3v) is 12.9. The molecule has 0 fully saturated rings. The van der Waals surface area contributed by atoms with Crippen molar-refractivity contribution in [1.82, 2.24) is 0 Å². The maximum absolute atomic E-state index is 6.73. The molecule has 3 heteroatoms. The minimum Gasteiger partial charge on any atom is -0.455 e. The minimum atomic E-state index is -0.478. The molecule has 1 aliphatic carbocycles. The van der Waals surface area contributed by atoms with E-state index in [9.17, 15) is 0 Å². The highest BCUT2D eigenvalue weighted by Crippen LogP contribution is 2.62. The van der Waals surface area contributed by atoms with Crippen LogP contribution in [0.2, 0.25) is 0 Å². The van der Waals surface area contributed by atoms with Crippen LogP contribution in [0.1, 0.15) is 22.3 Å². The second-order valence-corrected chi connectivity index (χ2v) is 15.5. The number of hydrogen-bond acceptors (Lipinski definition) is 3. The predicted molar refractivity (Wildman–Crippen MR) is 225 cm³/mol.